The van der Waals surface area contributed by atoms with Gasteiger partial charge in [-0.2, -0.15) is 0 Å². The van der Waals surface area contributed by atoms with Gasteiger partial charge in [0.2, 0.25) is 0 Å². The first-order valence-corrected chi connectivity index (χ1v) is 7.03. The second-order valence-corrected chi connectivity index (χ2v) is 6.18. The number of nitrogens with zero attached hydrogens (tertiary/aromatic N) is 1. The van der Waals surface area contributed by atoms with E-state index in [4.69, 9.17) is 4.74 Å². The minimum Gasteiger partial charge on any atom is -0.444 e. The van der Waals surface area contributed by atoms with Crippen molar-refractivity contribution in [2.75, 3.05) is 19.6 Å². The number of rotatable bonds is 2. The zero-order chi connectivity index (χ0) is 16.1. The molecule has 2 amide bonds. The van der Waals surface area contributed by atoms with E-state index in [1.807, 2.05) is 0 Å². The molecule has 0 radical (unpaired) electrons. The maximum Gasteiger partial charge on any atom is 0.410 e. The van der Waals surface area contributed by atoms with Crippen molar-refractivity contribution in [3.05, 3.63) is 0 Å². The molecule has 0 aliphatic carbocycles. The van der Waals surface area contributed by atoms with Crippen LogP contribution < -0.4 is 5.32 Å². The number of piperidine rings is 1. The molecule has 5 nitrogen and oxygen atoms in total. The highest BCUT2D eigenvalue weighted by atomic mass is 19.1. The Balaban J connectivity index is 2.44. The molecule has 0 atom stereocenters. The number of ether oxygens (including phenoxy) is 1. The summed E-state index contributed by atoms with van der Waals surface area (Å²) in [5.41, 5.74) is -2.06. The molecule has 118 valence electrons. The second kappa shape index (κ2) is 6.79. The summed E-state index contributed by atoms with van der Waals surface area (Å²) in [5, 5.41) is 2.45. The van der Waals surface area contributed by atoms with Crippen LogP contribution in [0.25, 0.3) is 0 Å². The molecule has 0 aromatic rings. The van der Waals surface area contributed by atoms with Crippen molar-refractivity contribution in [1.29, 1.82) is 0 Å². The van der Waals surface area contributed by atoms with Gasteiger partial charge in [0.15, 0.2) is 0 Å². The lowest BCUT2D eigenvalue weighted by Gasteiger charge is -2.36. The van der Waals surface area contributed by atoms with Crippen molar-refractivity contribution in [3.8, 4) is 11.8 Å². The first-order valence-electron chi connectivity index (χ1n) is 7.03. The lowest BCUT2D eigenvalue weighted by atomic mass is 9.93. The average molecular weight is 298 g/mol. The van der Waals surface area contributed by atoms with Gasteiger partial charge in [-0.15, -0.1) is 0 Å². The second-order valence-electron chi connectivity index (χ2n) is 6.18. The molecule has 1 aliphatic rings. The molecule has 0 saturated carbocycles. The van der Waals surface area contributed by atoms with Crippen LogP contribution in [0, 0.1) is 11.8 Å². The van der Waals surface area contributed by atoms with Crippen molar-refractivity contribution in [3.63, 3.8) is 0 Å². The molecule has 21 heavy (non-hydrogen) atoms. The van der Waals surface area contributed by atoms with E-state index in [0.717, 1.165) is 0 Å². The number of carbonyl (C=O) groups excluding carboxylic acids is 2. The van der Waals surface area contributed by atoms with E-state index >= 15 is 0 Å². The maximum absolute atomic E-state index is 14.5. The third kappa shape index (κ3) is 6.03. The van der Waals surface area contributed by atoms with Gasteiger partial charge in [-0.05, 0) is 33.6 Å². The molecule has 1 heterocycles. The van der Waals surface area contributed by atoms with E-state index in [1.54, 1.807) is 27.7 Å². The smallest absolute Gasteiger partial charge is 0.410 e. The molecule has 0 aromatic heterocycles. The van der Waals surface area contributed by atoms with Crippen molar-refractivity contribution < 1.29 is 18.7 Å². The van der Waals surface area contributed by atoms with Gasteiger partial charge in [-0.25, -0.2) is 9.18 Å². The third-order valence-electron chi connectivity index (χ3n) is 3.12. The Hall–Kier alpha value is -1.77. The van der Waals surface area contributed by atoms with Gasteiger partial charge >= 0.3 is 6.09 Å². The molecule has 0 spiro atoms. The fourth-order valence-electron chi connectivity index (χ4n) is 1.99. The molecule has 1 rings (SSSR count). The zero-order valence-electron chi connectivity index (χ0n) is 13.1. The van der Waals surface area contributed by atoms with Gasteiger partial charge < -0.3 is 15.0 Å². The molecular formula is C15H23FN2O3. The first kappa shape index (κ1) is 17.3. The monoisotopic (exact) mass is 298 g/mol. The van der Waals surface area contributed by atoms with Crippen LogP contribution in [0.4, 0.5) is 9.18 Å². The summed E-state index contributed by atoms with van der Waals surface area (Å²) >= 11 is 0. The number of alkyl halides is 1. The minimum absolute atomic E-state index is 0.0807. The molecule has 1 saturated heterocycles. The number of nitrogens with one attached hydrogen (secondary N) is 1. The Morgan fingerprint density at radius 3 is 2.38 bits per heavy atom. The Morgan fingerprint density at radius 1 is 1.33 bits per heavy atom. The van der Waals surface area contributed by atoms with Crippen molar-refractivity contribution in [2.45, 2.75) is 51.8 Å². The van der Waals surface area contributed by atoms with E-state index in [0.29, 0.717) is 0 Å². The van der Waals surface area contributed by atoms with E-state index in [-0.39, 0.29) is 32.5 Å². The average Bonchev–Trinajstić information content (AvgIpc) is 2.36. The summed E-state index contributed by atoms with van der Waals surface area (Å²) in [5.74, 6) is 4.28. The van der Waals surface area contributed by atoms with Crippen LogP contribution in [0.15, 0.2) is 0 Å². The quantitative estimate of drug-likeness (QED) is 0.792. The highest BCUT2D eigenvalue weighted by molar-refractivity contribution is 5.93. The van der Waals surface area contributed by atoms with Crippen molar-refractivity contribution in [1.82, 2.24) is 10.2 Å². The molecule has 1 fully saturated rings. The lowest BCUT2D eigenvalue weighted by molar-refractivity contribution is -0.116. The summed E-state index contributed by atoms with van der Waals surface area (Å²) in [6.45, 7) is 7.39. The van der Waals surface area contributed by atoms with Gasteiger partial charge in [0.05, 0.1) is 6.54 Å². The largest absolute Gasteiger partial charge is 0.444 e. The Labute approximate surface area is 125 Å². The topological polar surface area (TPSA) is 58.6 Å². The lowest BCUT2D eigenvalue weighted by Crippen LogP contribution is -2.50. The van der Waals surface area contributed by atoms with Crippen LogP contribution in [-0.2, 0) is 9.53 Å². The summed E-state index contributed by atoms with van der Waals surface area (Å²) in [6.07, 6.45) is -0.0801. The molecule has 6 heteroatoms. The van der Waals surface area contributed by atoms with Gasteiger partial charge in [-0.1, -0.05) is 5.92 Å². The number of amides is 2. The number of hydrogen-bond donors (Lipinski definition) is 1. The summed E-state index contributed by atoms with van der Waals surface area (Å²) in [4.78, 5) is 24.6. The first-order chi connectivity index (χ1) is 9.65. The highest BCUT2D eigenvalue weighted by Gasteiger charge is 2.37. The SMILES string of the molecule is CC#CC(=O)NCC1(F)CCN(C(=O)OC(C)(C)C)CC1. The molecule has 0 aromatic carbocycles. The number of carbonyl (C=O) groups is 2. The van der Waals surface area contributed by atoms with Crippen LogP contribution in [0.1, 0.15) is 40.5 Å². The predicted molar refractivity (Wildman–Crippen MR) is 77.3 cm³/mol. The van der Waals surface area contributed by atoms with E-state index in [9.17, 15) is 14.0 Å². The Kier molecular flexibility index (Phi) is 5.59. The predicted octanol–water partition coefficient (Wildman–Crippen LogP) is 1.87. The highest BCUT2D eigenvalue weighted by Crippen LogP contribution is 2.26. The summed E-state index contributed by atoms with van der Waals surface area (Å²) in [7, 11) is 0. The third-order valence-corrected chi connectivity index (χ3v) is 3.12. The van der Waals surface area contributed by atoms with Crippen molar-refractivity contribution >= 4 is 12.0 Å². The van der Waals surface area contributed by atoms with Crippen LogP contribution in [0.5, 0.6) is 0 Å². The van der Waals surface area contributed by atoms with Crippen LogP contribution in [0.3, 0.4) is 0 Å². The Morgan fingerprint density at radius 2 is 1.90 bits per heavy atom. The van der Waals surface area contributed by atoms with Gasteiger partial charge in [0, 0.05) is 25.9 Å². The number of likely N-dealkylation sites (tertiary alicyclic amines) is 1. The normalized spacial score (nSPS) is 17.5. The van der Waals surface area contributed by atoms with Gasteiger partial charge in [0.1, 0.15) is 11.3 Å². The maximum atomic E-state index is 14.5. The van der Waals surface area contributed by atoms with E-state index in [1.165, 1.54) is 4.90 Å². The number of halogens is 1. The van der Waals surface area contributed by atoms with Crippen molar-refractivity contribution in [2.24, 2.45) is 0 Å². The van der Waals surface area contributed by atoms with E-state index in [2.05, 4.69) is 17.2 Å². The molecule has 1 aliphatic heterocycles. The summed E-state index contributed by atoms with van der Waals surface area (Å²) in [6, 6.07) is 0. The molecule has 0 bridgehead atoms. The number of hydrogen-bond acceptors (Lipinski definition) is 3. The molecule has 1 N–H and O–H groups in total. The van der Waals surface area contributed by atoms with Crippen LogP contribution in [0.2, 0.25) is 0 Å². The fourth-order valence-corrected chi connectivity index (χ4v) is 1.99. The Bertz CT molecular complexity index is 452. The van der Waals surface area contributed by atoms with Crippen LogP contribution >= 0.6 is 0 Å². The zero-order valence-corrected chi connectivity index (χ0v) is 13.1. The van der Waals surface area contributed by atoms with Gasteiger partial charge in [-0.3, -0.25) is 4.79 Å². The molecular weight excluding hydrogens is 275 g/mol. The standard InChI is InChI=1S/C15H23FN2O3/c1-5-6-12(19)17-11-15(16)7-9-18(10-8-15)13(20)21-14(2,3)4/h7-11H2,1-4H3,(H,17,19). The molecule has 0 unspecified atom stereocenters. The minimum atomic E-state index is -1.50. The van der Waals surface area contributed by atoms with Crippen LogP contribution in [-0.4, -0.2) is 47.8 Å². The fraction of sp³-hybridized carbons (Fsp3) is 0.733. The van der Waals surface area contributed by atoms with E-state index < -0.39 is 23.3 Å². The summed E-state index contributed by atoms with van der Waals surface area (Å²) < 4.78 is 19.8. The van der Waals surface area contributed by atoms with Gasteiger partial charge in [0.25, 0.3) is 5.91 Å².